The van der Waals surface area contributed by atoms with Crippen molar-refractivity contribution in [3.8, 4) is 0 Å². The number of amides is 1. The first kappa shape index (κ1) is 13.6. The van der Waals surface area contributed by atoms with Crippen LogP contribution in [0.5, 0.6) is 0 Å². The van der Waals surface area contributed by atoms with Crippen LogP contribution in [0.15, 0.2) is 24.3 Å². The largest absolute Gasteiger partial charge is 0.321 e. The van der Waals surface area contributed by atoms with Crippen molar-refractivity contribution in [1.29, 1.82) is 0 Å². The predicted molar refractivity (Wildman–Crippen MR) is 75.5 cm³/mol. The minimum Gasteiger partial charge on any atom is -0.321 e. The molecule has 20 heavy (non-hydrogen) atoms. The fraction of sp³-hybridized carbons (Fsp3) is 0.562. The fourth-order valence-electron chi connectivity index (χ4n) is 2.98. The first-order valence-electron chi connectivity index (χ1n) is 7.51. The fourth-order valence-corrected chi connectivity index (χ4v) is 2.98. The van der Waals surface area contributed by atoms with Gasteiger partial charge in [-0.1, -0.05) is 38.0 Å². The van der Waals surface area contributed by atoms with Gasteiger partial charge >= 0.3 is 0 Å². The molecule has 1 aliphatic heterocycles. The van der Waals surface area contributed by atoms with E-state index in [0.29, 0.717) is 12.1 Å². The zero-order valence-electron chi connectivity index (χ0n) is 11.9. The molecule has 1 saturated carbocycles. The van der Waals surface area contributed by atoms with Gasteiger partial charge in [-0.2, -0.15) is 0 Å². The van der Waals surface area contributed by atoms with Crippen LogP contribution in [0.1, 0.15) is 50.8 Å². The van der Waals surface area contributed by atoms with Crippen molar-refractivity contribution in [2.24, 2.45) is 0 Å². The van der Waals surface area contributed by atoms with Crippen molar-refractivity contribution in [3.63, 3.8) is 0 Å². The molecule has 0 bridgehead atoms. The number of carbonyl (C=O) groups is 1. The molecule has 1 N–H and O–H groups in total. The molecule has 1 aliphatic carbocycles. The van der Waals surface area contributed by atoms with Gasteiger partial charge in [-0.25, -0.2) is 4.39 Å². The quantitative estimate of drug-likeness (QED) is 0.839. The maximum Gasteiger partial charge on any atom is 0.244 e. The Kier molecular flexibility index (Phi) is 3.50. The Morgan fingerprint density at radius 1 is 1.35 bits per heavy atom. The van der Waals surface area contributed by atoms with E-state index in [0.717, 1.165) is 32.1 Å². The normalized spacial score (nSPS) is 23.6. The van der Waals surface area contributed by atoms with Crippen LogP contribution in [0.3, 0.4) is 0 Å². The Morgan fingerprint density at radius 3 is 2.75 bits per heavy atom. The van der Waals surface area contributed by atoms with Gasteiger partial charge in [0.25, 0.3) is 0 Å². The monoisotopic (exact) mass is 276 g/mol. The molecular formula is C16H21FN2O. The third kappa shape index (κ3) is 2.22. The Hall–Kier alpha value is -1.42. The SMILES string of the molecule is CCCCCN1C(=O)C2(CC2)NC1c1ccccc1F. The van der Waals surface area contributed by atoms with Crippen LogP contribution in [0.25, 0.3) is 0 Å². The highest BCUT2D eigenvalue weighted by molar-refractivity contribution is 5.92. The molecule has 0 aromatic heterocycles. The summed E-state index contributed by atoms with van der Waals surface area (Å²) >= 11 is 0. The minimum atomic E-state index is -0.390. The molecule has 2 fully saturated rings. The Labute approximate surface area is 119 Å². The molecule has 1 atom stereocenters. The smallest absolute Gasteiger partial charge is 0.244 e. The summed E-state index contributed by atoms with van der Waals surface area (Å²) in [4.78, 5) is 14.4. The maximum atomic E-state index is 14.0. The summed E-state index contributed by atoms with van der Waals surface area (Å²) in [5, 5.41) is 3.36. The molecule has 0 radical (unpaired) electrons. The molecule has 1 aromatic carbocycles. The van der Waals surface area contributed by atoms with Crippen LogP contribution in [0, 0.1) is 5.82 Å². The van der Waals surface area contributed by atoms with Gasteiger partial charge in [0.15, 0.2) is 0 Å². The van der Waals surface area contributed by atoms with Gasteiger partial charge in [0, 0.05) is 12.1 Å². The number of unbranched alkanes of at least 4 members (excludes halogenated alkanes) is 2. The predicted octanol–water partition coefficient (Wildman–Crippen LogP) is 2.98. The van der Waals surface area contributed by atoms with Crippen LogP contribution in [-0.4, -0.2) is 22.9 Å². The number of nitrogens with zero attached hydrogens (tertiary/aromatic N) is 1. The van der Waals surface area contributed by atoms with Gasteiger partial charge in [0.1, 0.15) is 17.5 Å². The summed E-state index contributed by atoms with van der Waals surface area (Å²) < 4.78 is 14.0. The number of benzene rings is 1. The summed E-state index contributed by atoms with van der Waals surface area (Å²) in [5.74, 6) is -0.0853. The van der Waals surface area contributed by atoms with Gasteiger partial charge in [0.05, 0.1) is 0 Å². The van der Waals surface area contributed by atoms with E-state index in [1.165, 1.54) is 6.07 Å². The first-order chi connectivity index (χ1) is 9.68. The molecule has 1 heterocycles. The average Bonchev–Trinajstić information content (AvgIpc) is 3.17. The third-order valence-electron chi connectivity index (χ3n) is 4.35. The summed E-state index contributed by atoms with van der Waals surface area (Å²) in [6.07, 6.45) is 4.64. The Morgan fingerprint density at radius 2 is 2.10 bits per heavy atom. The molecule has 2 aliphatic rings. The highest BCUT2D eigenvalue weighted by Gasteiger charge is 2.59. The van der Waals surface area contributed by atoms with E-state index < -0.39 is 0 Å². The lowest BCUT2D eigenvalue weighted by Crippen LogP contribution is -2.33. The van der Waals surface area contributed by atoms with E-state index in [-0.39, 0.29) is 23.4 Å². The zero-order valence-corrected chi connectivity index (χ0v) is 11.9. The second-order valence-corrected chi connectivity index (χ2v) is 5.86. The summed E-state index contributed by atoms with van der Waals surface area (Å²) in [6.45, 7) is 2.85. The zero-order chi connectivity index (χ0) is 14.2. The summed E-state index contributed by atoms with van der Waals surface area (Å²) in [5.41, 5.74) is 0.195. The number of hydrogen-bond acceptors (Lipinski definition) is 2. The summed E-state index contributed by atoms with van der Waals surface area (Å²) in [6, 6.07) is 6.74. The van der Waals surface area contributed by atoms with E-state index in [1.807, 2.05) is 11.0 Å². The van der Waals surface area contributed by atoms with Crippen molar-refractivity contribution in [3.05, 3.63) is 35.6 Å². The highest BCUT2D eigenvalue weighted by Crippen LogP contribution is 2.46. The van der Waals surface area contributed by atoms with Crippen LogP contribution in [-0.2, 0) is 4.79 Å². The molecule has 1 unspecified atom stereocenters. The lowest BCUT2D eigenvalue weighted by atomic mass is 10.1. The van der Waals surface area contributed by atoms with Gasteiger partial charge in [-0.05, 0) is 25.3 Å². The molecule has 1 saturated heterocycles. The second-order valence-electron chi connectivity index (χ2n) is 5.86. The number of hydrogen-bond donors (Lipinski definition) is 1. The summed E-state index contributed by atoms with van der Waals surface area (Å²) in [7, 11) is 0. The van der Waals surface area contributed by atoms with Crippen LogP contribution in [0.2, 0.25) is 0 Å². The van der Waals surface area contributed by atoms with Gasteiger partial charge in [-0.15, -0.1) is 0 Å². The highest BCUT2D eigenvalue weighted by atomic mass is 19.1. The topological polar surface area (TPSA) is 32.3 Å². The van der Waals surface area contributed by atoms with E-state index in [1.54, 1.807) is 12.1 Å². The maximum absolute atomic E-state index is 14.0. The van der Waals surface area contributed by atoms with Crippen LogP contribution >= 0.6 is 0 Å². The molecule has 108 valence electrons. The molecular weight excluding hydrogens is 255 g/mol. The third-order valence-corrected chi connectivity index (χ3v) is 4.35. The Bertz CT molecular complexity index is 513. The molecule has 3 rings (SSSR count). The van der Waals surface area contributed by atoms with E-state index in [4.69, 9.17) is 0 Å². The van der Waals surface area contributed by atoms with Crippen LogP contribution in [0.4, 0.5) is 4.39 Å². The van der Waals surface area contributed by atoms with E-state index in [2.05, 4.69) is 12.2 Å². The number of nitrogens with one attached hydrogen (secondary N) is 1. The molecule has 3 nitrogen and oxygen atoms in total. The second kappa shape index (κ2) is 5.17. The molecule has 1 amide bonds. The van der Waals surface area contributed by atoms with Crippen molar-refractivity contribution in [1.82, 2.24) is 10.2 Å². The van der Waals surface area contributed by atoms with E-state index >= 15 is 0 Å². The first-order valence-corrected chi connectivity index (χ1v) is 7.51. The molecule has 4 heteroatoms. The average molecular weight is 276 g/mol. The number of carbonyl (C=O) groups excluding carboxylic acids is 1. The van der Waals surface area contributed by atoms with E-state index in [9.17, 15) is 9.18 Å². The lowest BCUT2D eigenvalue weighted by molar-refractivity contribution is -0.130. The standard InChI is InChI=1S/C16H21FN2O/c1-2-3-6-11-19-14(12-7-4-5-8-13(12)17)18-16(9-10-16)15(19)20/h4-5,7-8,14,18H,2-3,6,9-11H2,1H3. The minimum absolute atomic E-state index is 0.154. The lowest BCUT2D eigenvalue weighted by Gasteiger charge is -2.24. The van der Waals surface area contributed by atoms with Gasteiger partial charge < -0.3 is 4.90 Å². The van der Waals surface area contributed by atoms with Crippen molar-refractivity contribution >= 4 is 5.91 Å². The van der Waals surface area contributed by atoms with Crippen molar-refractivity contribution in [2.75, 3.05) is 6.54 Å². The number of halogens is 1. The van der Waals surface area contributed by atoms with Gasteiger partial charge in [0.2, 0.25) is 5.91 Å². The molecule has 1 spiro atoms. The molecule has 1 aromatic rings. The number of rotatable bonds is 5. The van der Waals surface area contributed by atoms with Crippen LogP contribution < -0.4 is 5.32 Å². The van der Waals surface area contributed by atoms with Gasteiger partial charge in [-0.3, -0.25) is 10.1 Å². The van der Waals surface area contributed by atoms with Crippen molar-refractivity contribution in [2.45, 2.75) is 50.7 Å². The van der Waals surface area contributed by atoms with Crippen molar-refractivity contribution < 1.29 is 9.18 Å². The Balaban J connectivity index is 1.84.